The van der Waals surface area contributed by atoms with E-state index in [-0.39, 0.29) is 6.04 Å². The number of anilines is 1. The quantitative estimate of drug-likeness (QED) is 0.840. The van der Waals surface area contributed by atoms with Gasteiger partial charge in [0.05, 0.1) is 0 Å². The fourth-order valence-electron chi connectivity index (χ4n) is 2.32. The summed E-state index contributed by atoms with van der Waals surface area (Å²) in [6, 6.07) is 7.17. The first-order valence-corrected chi connectivity index (χ1v) is 6.25. The van der Waals surface area contributed by atoms with Crippen LogP contribution in [0.2, 0.25) is 0 Å². The van der Waals surface area contributed by atoms with Crippen LogP contribution in [0.3, 0.4) is 0 Å². The summed E-state index contributed by atoms with van der Waals surface area (Å²) in [5, 5.41) is 0. The molecule has 0 amide bonds. The number of benzene rings is 1. The van der Waals surface area contributed by atoms with Gasteiger partial charge >= 0.3 is 0 Å². The summed E-state index contributed by atoms with van der Waals surface area (Å²) >= 11 is 0. The molecule has 16 heavy (non-hydrogen) atoms. The van der Waals surface area contributed by atoms with Crippen LogP contribution in [-0.2, 0) is 12.8 Å². The molecule has 1 aliphatic rings. The van der Waals surface area contributed by atoms with Crippen molar-refractivity contribution in [2.75, 3.05) is 18.5 Å². The molecular weight excluding hydrogens is 196 g/mol. The first kappa shape index (κ1) is 11.5. The van der Waals surface area contributed by atoms with Gasteiger partial charge in [0.25, 0.3) is 0 Å². The van der Waals surface area contributed by atoms with Gasteiger partial charge in [-0.25, -0.2) is 0 Å². The van der Waals surface area contributed by atoms with E-state index < -0.39 is 0 Å². The van der Waals surface area contributed by atoms with Gasteiger partial charge in [-0.2, -0.15) is 0 Å². The molecule has 1 aromatic rings. The molecule has 0 radical (unpaired) electrons. The molecule has 0 saturated heterocycles. The Morgan fingerprint density at radius 3 is 2.81 bits per heavy atom. The van der Waals surface area contributed by atoms with Gasteiger partial charge in [-0.05, 0) is 55.9 Å². The van der Waals surface area contributed by atoms with Gasteiger partial charge in [0.1, 0.15) is 0 Å². The number of hydrogen-bond donors (Lipinski definition) is 1. The van der Waals surface area contributed by atoms with Gasteiger partial charge < -0.3 is 10.6 Å². The third-order valence-electron chi connectivity index (χ3n) is 3.44. The molecule has 0 fully saturated rings. The summed E-state index contributed by atoms with van der Waals surface area (Å²) in [7, 11) is 2.15. The number of nitrogens with zero attached hydrogens (tertiary/aromatic N) is 1. The maximum absolute atomic E-state index is 5.78. The van der Waals surface area contributed by atoms with Gasteiger partial charge in [0, 0.05) is 25.3 Å². The molecule has 0 aliphatic heterocycles. The van der Waals surface area contributed by atoms with Crippen molar-refractivity contribution >= 4 is 5.69 Å². The molecule has 2 nitrogen and oxygen atoms in total. The van der Waals surface area contributed by atoms with Crippen molar-refractivity contribution in [1.82, 2.24) is 0 Å². The SMILES string of the molecule is CC(N)CCN(C)c1ccc2c(c1)CCC2. The molecule has 0 aromatic heterocycles. The van der Waals surface area contributed by atoms with Crippen molar-refractivity contribution in [3.8, 4) is 0 Å². The van der Waals surface area contributed by atoms with E-state index in [1.165, 1.54) is 24.9 Å². The normalized spacial score (nSPS) is 15.9. The predicted octanol–water partition coefficient (Wildman–Crippen LogP) is 2.35. The topological polar surface area (TPSA) is 29.3 Å². The number of fused-ring (bicyclic) bond motifs is 1. The summed E-state index contributed by atoms with van der Waals surface area (Å²) in [5.41, 5.74) is 10.2. The van der Waals surface area contributed by atoms with Gasteiger partial charge in [-0.1, -0.05) is 6.07 Å². The minimum atomic E-state index is 0.289. The standard InChI is InChI=1S/C14H22N2/c1-11(15)8-9-16(2)14-7-6-12-4-3-5-13(12)10-14/h6-7,10-11H,3-5,8-9,15H2,1-2H3. The Balaban J connectivity index is 2.03. The Hall–Kier alpha value is -1.02. The van der Waals surface area contributed by atoms with E-state index in [2.05, 4.69) is 37.1 Å². The van der Waals surface area contributed by atoms with Crippen LogP contribution in [0, 0.1) is 0 Å². The van der Waals surface area contributed by atoms with E-state index in [1.54, 1.807) is 11.1 Å². The molecule has 0 spiro atoms. The summed E-state index contributed by atoms with van der Waals surface area (Å²) < 4.78 is 0. The summed E-state index contributed by atoms with van der Waals surface area (Å²) in [4.78, 5) is 2.31. The second-order valence-electron chi connectivity index (χ2n) is 4.99. The molecule has 0 saturated carbocycles. The average Bonchev–Trinajstić information content (AvgIpc) is 2.72. The molecule has 2 heteroatoms. The monoisotopic (exact) mass is 218 g/mol. The molecule has 2 N–H and O–H groups in total. The number of aryl methyl sites for hydroxylation is 2. The highest BCUT2D eigenvalue weighted by Crippen LogP contribution is 2.26. The molecule has 1 aromatic carbocycles. The number of hydrogen-bond acceptors (Lipinski definition) is 2. The maximum atomic E-state index is 5.78. The van der Waals surface area contributed by atoms with E-state index >= 15 is 0 Å². The maximum Gasteiger partial charge on any atom is 0.0366 e. The molecule has 1 unspecified atom stereocenters. The Kier molecular flexibility index (Phi) is 3.49. The van der Waals surface area contributed by atoms with Crippen LogP contribution >= 0.6 is 0 Å². The van der Waals surface area contributed by atoms with Crippen LogP contribution in [-0.4, -0.2) is 19.6 Å². The summed E-state index contributed by atoms with van der Waals surface area (Å²) in [6.07, 6.45) is 4.89. The lowest BCUT2D eigenvalue weighted by atomic mass is 10.1. The number of nitrogens with two attached hydrogens (primary N) is 1. The molecule has 1 atom stereocenters. The highest BCUT2D eigenvalue weighted by atomic mass is 15.1. The zero-order valence-corrected chi connectivity index (χ0v) is 10.4. The minimum absolute atomic E-state index is 0.289. The first-order valence-electron chi connectivity index (χ1n) is 6.25. The second-order valence-corrected chi connectivity index (χ2v) is 4.99. The lowest BCUT2D eigenvalue weighted by Gasteiger charge is -2.21. The predicted molar refractivity (Wildman–Crippen MR) is 70.0 cm³/mol. The third kappa shape index (κ3) is 2.56. The summed E-state index contributed by atoms with van der Waals surface area (Å²) in [6.45, 7) is 3.10. The fourth-order valence-corrected chi connectivity index (χ4v) is 2.32. The van der Waals surface area contributed by atoms with Crippen molar-refractivity contribution in [3.63, 3.8) is 0 Å². The van der Waals surface area contributed by atoms with Gasteiger partial charge in [-0.3, -0.25) is 0 Å². The van der Waals surface area contributed by atoms with E-state index in [9.17, 15) is 0 Å². The molecule has 0 bridgehead atoms. The second kappa shape index (κ2) is 4.88. The fraction of sp³-hybridized carbons (Fsp3) is 0.571. The van der Waals surface area contributed by atoms with Crippen LogP contribution in [0.15, 0.2) is 18.2 Å². The number of rotatable bonds is 4. The Morgan fingerprint density at radius 1 is 1.31 bits per heavy atom. The van der Waals surface area contributed by atoms with Crippen molar-refractivity contribution in [3.05, 3.63) is 29.3 Å². The van der Waals surface area contributed by atoms with E-state index in [4.69, 9.17) is 5.73 Å². The average molecular weight is 218 g/mol. The molecule has 88 valence electrons. The Bertz CT molecular complexity index is 358. The van der Waals surface area contributed by atoms with Crippen molar-refractivity contribution in [2.24, 2.45) is 5.73 Å². The molecule has 0 heterocycles. The van der Waals surface area contributed by atoms with E-state index in [0.717, 1.165) is 13.0 Å². The third-order valence-corrected chi connectivity index (χ3v) is 3.44. The van der Waals surface area contributed by atoms with Gasteiger partial charge in [-0.15, -0.1) is 0 Å². The molecule has 1 aliphatic carbocycles. The first-order chi connectivity index (χ1) is 7.66. The molecule has 2 rings (SSSR count). The van der Waals surface area contributed by atoms with Crippen molar-refractivity contribution < 1.29 is 0 Å². The van der Waals surface area contributed by atoms with E-state index in [1.807, 2.05) is 0 Å². The minimum Gasteiger partial charge on any atom is -0.375 e. The van der Waals surface area contributed by atoms with Gasteiger partial charge in [0.2, 0.25) is 0 Å². The zero-order valence-electron chi connectivity index (χ0n) is 10.4. The van der Waals surface area contributed by atoms with Gasteiger partial charge in [0.15, 0.2) is 0 Å². The zero-order chi connectivity index (χ0) is 11.5. The Morgan fingerprint density at radius 2 is 2.06 bits per heavy atom. The van der Waals surface area contributed by atoms with Crippen LogP contribution in [0.4, 0.5) is 5.69 Å². The van der Waals surface area contributed by atoms with E-state index in [0.29, 0.717) is 0 Å². The van der Waals surface area contributed by atoms with Crippen LogP contribution < -0.4 is 10.6 Å². The summed E-state index contributed by atoms with van der Waals surface area (Å²) in [5.74, 6) is 0. The largest absolute Gasteiger partial charge is 0.375 e. The van der Waals surface area contributed by atoms with Crippen LogP contribution in [0.1, 0.15) is 30.9 Å². The van der Waals surface area contributed by atoms with Crippen LogP contribution in [0.25, 0.3) is 0 Å². The lowest BCUT2D eigenvalue weighted by Crippen LogP contribution is -2.25. The molecular formula is C14H22N2. The van der Waals surface area contributed by atoms with Crippen molar-refractivity contribution in [2.45, 2.75) is 38.6 Å². The lowest BCUT2D eigenvalue weighted by molar-refractivity contribution is 0.659. The highest BCUT2D eigenvalue weighted by Gasteiger charge is 2.12. The van der Waals surface area contributed by atoms with Crippen molar-refractivity contribution in [1.29, 1.82) is 0 Å². The smallest absolute Gasteiger partial charge is 0.0366 e. The highest BCUT2D eigenvalue weighted by molar-refractivity contribution is 5.51. The van der Waals surface area contributed by atoms with Crippen LogP contribution in [0.5, 0.6) is 0 Å². The Labute approximate surface area is 98.4 Å².